The van der Waals surface area contributed by atoms with Crippen LogP contribution in [0.3, 0.4) is 0 Å². The highest BCUT2D eigenvalue weighted by Gasteiger charge is 2.22. The van der Waals surface area contributed by atoms with Crippen molar-refractivity contribution in [3.05, 3.63) is 81.7 Å². The van der Waals surface area contributed by atoms with Crippen molar-refractivity contribution in [2.45, 2.75) is 159 Å². The Bertz CT molecular complexity index is 1950. The first-order valence-corrected chi connectivity index (χ1v) is 26.7. The monoisotopic (exact) mass is 935 g/mol. The van der Waals surface area contributed by atoms with Gasteiger partial charge in [0, 0.05) is 59.6 Å². The lowest BCUT2D eigenvalue weighted by Crippen LogP contribution is -2.12. The summed E-state index contributed by atoms with van der Waals surface area (Å²) < 4.78 is 31.6. The molecule has 4 aromatic carbocycles. The average molecular weight is 938 g/mol. The molecular weight excluding hydrogens is 870 g/mol. The second-order valence-electron chi connectivity index (χ2n) is 16.4. The summed E-state index contributed by atoms with van der Waals surface area (Å²) in [5, 5.41) is 2.18. The molecular formula is C50H67Br2NO2S2. The maximum atomic E-state index is 13.5. The van der Waals surface area contributed by atoms with Crippen LogP contribution in [0.1, 0.15) is 142 Å². The molecule has 7 heteroatoms. The number of halogens is 2. The van der Waals surface area contributed by atoms with Crippen LogP contribution >= 0.6 is 31.9 Å². The van der Waals surface area contributed by atoms with Gasteiger partial charge in [0.2, 0.25) is 0 Å². The topological polar surface area (TPSA) is 39.1 Å². The van der Waals surface area contributed by atoms with Crippen molar-refractivity contribution in [3.63, 3.8) is 0 Å². The standard InChI is InChI=1S/C50H67Br2NO2S2/c1-5-7-9-11-13-15-16-18-20-22-26-38(25-21-19-17-14-12-10-8-6-2)37-53-47-33-43(39-27-23-29-41(51)31-39)49(56(3)54)35-45(47)46-36-50(57(4)55)44(34-48(46)53)40-28-24-30-42(52)32-40/h23-24,27-36,38H,5-22,25-26,37H2,1-4H3. The van der Waals surface area contributed by atoms with Crippen LogP contribution in [0, 0.1) is 5.92 Å². The Morgan fingerprint density at radius 3 is 1.23 bits per heavy atom. The van der Waals surface area contributed by atoms with Crippen molar-refractivity contribution in [1.29, 1.82) is 0 Å². The lowest BCUT2D eigenvalue weighted by Gasteiger charge is -2.20. The molecule has 0 aliphatic rings. The number of aromatic nitrogens is 1. The number of fused-ring (bicyclic) bond motifs is 3. The minimum Gasteiger partial charge on any atom is -0.340 e. The van der Waals surface area contributed by atoms with E-state index in [0.29, 0.717) is 5.92 Å². The van der Waals surface area contributed by atoms with Crippen LogP contribution in [0.2, 0.25) is 0 Å². The number of hydrogen-bond donors (Lipinski definition) is 0. The zero-order valence-electron chi connectivity index (χ0n) is 35.2. The van der Waals surface area contributed by atoms with Crippen molar-refractivity contribution < 1.29 is 8.42 Å². The van der Waals surface area contributed by atoms with Crippen LogP contribution in [0.5, 0.6) is 0 Å². The first kappa shape index (κ1) is 46.0. The Kier molecular flexibility index (Phi) is 19.6. The quantitative estimate of drug-likeness (QED) is 0.0518. The minimum absolute atomic E-state index is 0.557. The normalized spacial score (nSPS) is 13.4. The fourth-order valence-corrected chi connectivity index (χ4v) is 11.0. The molecule has 0 fully saturated rings. The molecule has 57 heavy (non-hydrogen) atoms. The van der Waals surface area contributed by atoms with Gasteiger partial charge in [0.15, 0.2) is 0 Å². The Morgan fingerprint density at radius 1 is 0.509 bits per heavy atom. The van der Waals surface area contributed by atoms with Crippen molar-refractivity contribution in [1.82, 2.24) is 4.57 Å². The van der Waals surface area contributed by atoms with E-state index in [-0.39, 0.29) is 0 Å². The van der Waals surface area contributed by atoms with Gasteiger partial charge >= 0.3 is 0 Å². The van der Waals surface area contributed by atoms with Gasteiger partial charge in [-0.3, -0.25) is 8.42 Å². The van der Waals surface area contributed by atoms with Gasteiger partial charge in [0.05, 0.1) is 21.6 Å². The summed E-state index contributed by atoms with van der Waals surface area (Å²) >= 11 is 7.39. The third-order valence-corrected chi connectivity index (χ3v) is 14.7. The van der Waals surface area contributed by atoms with Crippen LogP contribution in [0.15, 0.2) is 91.5 Å². The van der Waals surface area contributed by atoms with E-state index >= 15 is 0 Å². The number of nitrogens with zero attached hydrogens (tertiary/aromatic N) is 1. The summed E-state index contributed by atoms with van der Waals surface area (Å²) in [5.74, 6) is 0.557. The molecule has 0 amide bonds. The summed E-state index contributed by atoms with van der Waals surface area (Å²) in [4.78, 5) is 1.66. The molecule has 310 valence electrons. The largest absolute Gasteiger partial charge is 0.340 e. The lowest BCUT2D eigenvalue weighted by molar-refractivity contribution is 0.364. The summed E-state index contributed by atoms with van der Waals surface area (Å²) in [6.07, 6.45) is 30.2. The highest BCUT2D eigenvalue weighted by Crippen LogP contribution is 2.41. The predicted octanol–water partition coefficient (Wildman–Crippen LogP) is 16.6. The fourth-order valence-electron chi connectivity index (χ4n) is 8.65. The molecule has 0 saturated heterocycles. The average Bonchev–Trinajstić information content (AvgIpc) is 3.49. The molecule has 5 rings (SSSR count). The molecule has 0 saturated carbocycles. The zero-order chi connectivity index (χ0) is 40.6. The van der Waals surface area contributed by atoms with E-state index in [9.17, 15) is 8.42 Å². The third-order valence-electron chi connectivity index (χ3n) is 11.8. The van der Waals surface area contributed by atoms with Crippen LogP contribution in [0.4, 0.5) is 0 Å². The minimum atomic E-state index is -1.21. The van der Waals surface area contributed by atoms with Crippen LogP contribution in [-0.2, 0) is 28.1 Å². The highest BCUT2D eigenvalue weighted by molar-refractivity contribution is 9.10. The first-order valence-electron chi connectivity index (χ1n) is 22.0. The number of benzene rings is 4. The van der Waals surface area contributed by atoms with Gasteiger partial charge in [0.1, 0.15) is 0 Å². The molecule has 3 atom stereocenters. The number of hydrogen-bond acceptors (Lipinski definition) is 2. The Morgan fingerprint density at radius 2 is 0.877 bits per heavy atom. The van der Waals surface area contributed by atoms with Gasteiger partial charge in [-0.05, 0) is 89.5 Å². The number of rotatable bonds is 26. The second kappa shape index (κ2) is 24.3. The number of unbranched alkanes of at least 4 members (excludes halogenated alkanes) is 16. The molecule has 1 aromatic heterocycles. The summed E-state index contributed by atoms with van der Waals surface area (Å²) in [6, 6.07) is 25.6. The predicted molar refractivity (Wildman–Crippen MR) is 258 cm³/mol. The van der Waals surface area contributed by atoms with E-state index in [1.54, 1.807) is 12.5 Å². The van der Waals surface area contributed by atoms with Gasteiger partial charge in [0.25, 0.3) is 0 Å². The molecule has 0 spiro atoms. The molecule has 3 nitrogen and oxygen atoms in total. The smallest absolute Gasteiger partial charge is 0.0504 e. The highest BCUT2D eigenvalue weighted by atomic mass is 79.9. The second-order valence-corrected chi connectivity index (χ2v) is 20.9. The zero-order valence-corrected chi connectivity index (χ0v) is 40.0. The van der Waals surface area contributed by atoms with Gasteiger partial charge in [-0.1, -0.05) is 186 Å². The molecule has 5 aromatic rings. The molecule has 0 aliphatic heterocycles. The van der Waals surface area contributed by atoms with E-state index in [0.717, 1.165) is 69.3 Å². The first-order chi connectivity index (χ1) is 27.7. The summed E-state index contributed by atoms with van der Waals surface area (Å²) in [5.41, 5.74) is 6.46. The van der Waals surface area contributed by atoms with E-state index in [1.807, 2.05) is 12.1 Å². The Balaban J connectivity index is 1.54. The van der Waals surface area contributed by atoms with Gasteiger partial charge in [-0.15, -0.1) is 0 Å². The van der Waals surface area contributed by atoms with E-state index < -0.39 is 21.6 Å². The third kappa shape index (κ3) is 13.5. The Hall–Kier alpha value is -2.06. The van der Waals surface area contributed by atoms with E-state index in [1.165, 1.54) is 128 Å². The van der Waals surface area contributed by atoms with Crippen LogP contribution < -0.4 is 0 Å². The lowest BCUT2D eigenvalue weighted by atomic mass is 9.93. The molecule has 3 unspecified atom stereocenters. The van der Waals surface area contributed by atoms with Crippen molar-refractivity contribution in [3.8, 4) is 22.3 Å². The molecule has 0 radical (unpaired) electrons. The van der Waals surface area contributed by atoms with Crippen LogP contribution in [0.25, 0.3) is 44.1 Å². The van der Waals surface area contributed by atoms with Crippen LogP contribution in [-0.4, -0.2) is 25.5 Å². The summed E-state index contributed by atoms with van der Waals surface area (Å²) in [7, 11) is -2.42. The van der Waals surface area contributed by atoms with Crippen molar-refractivity contribution in [2.75, 3.05) is 12.5 Å². The molecule has 1 heterocycles. The fraction of sp³-hybridized carbons (Fsp3) is 0.520. The van der Waals surface area contributed by atoms with Gasteiger partial charge in [-0.25, -0.2) is 0 Å². The molecule has 0 bridgehead atoms. The van der Waals surface area contributed by atoms with E-state index in [4.69, 9.17) is 0 Å². The Labute approximate surface area is 366 Å². The maximum Gasteiger partial charge on any atom is 0.0504 e. The molecule has 0 N–H and O–H groups in total. The van der Waals surface area contributed by atoms with Gasteiger partial charge in [-0.2, -0.15) is 0 Å². The van der Waals surface area contributed by atoms with Crippen molar-refractivity contribution in [2.24, 2.45) is 5.92 Å². The van der Waals surface area contributed by atoms with Crippen molar-refractivity contribution >= 4 is 75.3 Å². The van der Waals surface area contributed by atoms with E-state index in [2.05, 4.69) is 111 Å². The maximum absolute atomic E-state index is 13.5. The van der Waals surface area contributed by atoms with Gasteiger partial charge < -0.3 is 4.57 Å². The SMILES string of the molecule is CCCCCCCCCCCCC(CCCCCCCCCC)Cn1c2cc(-c3cccc(Br)c3)c(S(C)=O)cc2c2cc(S(C)=O)c(-c3cccc(Br)c3)cc21. The summed E-state index contributed by atoms with van der Waals surface area (Å²) in [6.45, 7) is 5.53. The molecule has 0 aliphatic carbocycles.